The highest BCUT2D eigenvalue weighted by Gasteiger charge is 2.38. The van der Waals surface area contributed by atoms with E-state index in [1.54, 1.807) is 0 Å². The lowest BCUT2D eigenvalue weighted by atomic mass is 9.82. The fourth-order valence-electron chi connectivity index (χ4n) is 4.24. The van der Waals surface area contributed by atoms with Gasteiger partial charge in [0, 0.05) is 13.1 Å². The van der Waals surface area contributed by atoms with Crippen LogP contribution < -0.4 is 10.1 Å². The van der Waals surface area contributed by atoms with Gasteiger partial charge in [-0.1, -0.05) is 46.5 Å². The smallest absolute Gasteiger partial charge is 0.132 e. The maximum atomic E-state index is 10.8. The molecule has 2 aliphatic rings. The van der Waals surface area contributed by atoms with Crippen molar-refractivity contribution in [2.45, 2.75) is 71.8 Å². The Morgan fingerprint density at radius 1 is 1.20 bits per heavy atom. The number of phenolic OH excluding ortho intramolecular Hbond substituents is 1. The van der Waals surface area contributed by atoms with Crippen LogP contribution in [0.15, 0.2) is 17.7 Å². The molecule has 3 nitrogen and oxygen atoms in total. The summed E-state index contributed by atoms with van der Waals surface area (Å²) in [6, 6.07) is 4.13. The highest BCUT2D eigenvalue weighted by atomic mass is 16.5. The largest absolute Gasteiger partial charge is 0.507 e. The van der Waals surface area contributed by atoms with E-state index in [4.69, 9.17) is 4.74 Å². The molecule has 2 atom stereocenters. The Kier molecular flexibility index (Phi) is 5.15. The van der Waals surface area contributed by atoms with E-state index in [9.17, 15) is 5.11 Å². The number of nitrogens with one attached hydrogen (secondary N) is 1. The minimum absolute atomic E-state index is 0.313. The van der Waals surface area contributed by atoms with E-state index in [1.807, 2.05) is 6.07 Å². The Balaban J connectivity index is 1.90. The maximum absolute atomic E-state index is 10.8. The van der Waals surface area contributed by atoms with Gasteiger partial charge in [-0.3, -0.25) is 0 Å². The van der Waals surface area contributed by atoms with Crippen LogP contribution in [-0.4, -0.2) is 23.8 Å². The van der Waals surface area contributed by atoms with Crippen molar-refractivity contribution < 1.29 is 9.84 Å². The molecule has 0 aliphatic carbocycles. The molecule has 2 aliphatic heterocycles. The van der Waals surface area contributed by atoms with E-state index in [1.165, 1.54) is 42.4 Å². The van der Waals surface area contributed by atoms with Crippen LogP contribution in [0.5, 0.6) is 11.5 Å². The fraction of sp³-hybridized carbons (Fsp3) is 0.636. The highest BCUT2D eigenvalue weighted by Crippen LogP contribution is 2.47. The lowest BCUT2D eigenvalue weighted by molar-refractivity contribution is 0.143. The standard InChI is InChI=1S/C22H33NO2/c1-6-7-8-9-14(2)15(3)16-10-19(24)21-17-12-23-13-18(17)22(4,5)25-20(21)11-16/h10-11,14-15,23-24H,6-9,12-13H2,1-5H3. The number of aromatic hydroxyl groups is 1. The zero-order chi connectivity index (χ0) is 18.2. The van der Waals surface area contributed by atoms with Crippen LogP contribution in [-0.2, 0) is 0 Å². The highest BCUT2D eigenvalue weighted by molar-refractivity contribution is 5.83. The molecule has 0 fully saturated rings. The van der Waals surface area contributed by atoms with Gasteiger partial charge in [0.25, 0.3) is 0 Å². The predicted molar refractivity (Wildman–Crippen MR) is 104 cm³/mol. The molecule has 3 heteroatoms. The van der Waals surface area contributed by atoms with Crippen molar-refractivity contribution in [2.75, 3.05) is 13.1 Å². The predicted octanol–water partition coefficient (Wildman–Crippen LogP) is 5.24. The number of unbranched alkanes of at least 4 members (excludes halogenated alkanes) is 2. The van der Waals surface area contributed by atoms with Crippen molar-refractivity contribution in [3.8, 4) is 11.5 Å². The molecule has 2 unspecified atom stereocenters. The van der Waals surface area contributed by atoms with Gasteiger partial charge in [-0.15, -0.1) is 0 Å². The maximum Gasteiger partial charge on any atom is 0.132 e. The number of hydrogen-bond acceptors (Lipinski definition) is 3. The average molecular weight is 344 g/mol. The molecule has 0 bridgehead atoms. The summed E-state index contributed by atoms with van der Waals surface area (Å²) in [4.78, 5) is 0. The third kappa shape index (κ3) is 3.44. The number of benzene rings is 1. The fourth-order valence-corrected chi connectivity index (χ4v) is 4.24. The van der Waals surface area contributed by atoms with Gasteiger partial charge in [0.05, 0.1) is 5.56 Å². The summed E-state index contributed by atoms with van der Waals surface area (Å²) in [5, 5.41) is 14.2. The van der Waals surface area contributed by atoms with Crippen molar-refractivity contribution in [1.29, 1.82) is 0 Å². The first-order valence-corrected chi connectivity index (χ1v) is 9.84. The molecular weight excluding hydrogens is 310 g/mol. The number of ether oxygens (including phenoxy) is 1. The lowest BCUT2D eigenvalue weighted by Crippen LogP contribution is -2.35. The second kappa shape index (κ2) is 7.03. The molecule has 3 rings (SSSR count). The quantitative estimate of drug-likeness (QED) is 0.694. The van der Waals surface area contributed by atoms with Crippen molar-refractivity contribution >= 4 is 5.57 Å². The molecule has 0 aromatic heterocycles. The molecule has 1 aromatic rings. The molecule has 138 valence electrons. The molecule has 0 radical (unpaired) electrons. The van der Waals surface area contributed by atoms with E-state index in [2.05, 4.69) is 46.0 Å². The van der Waals surface area contributed by atoms with Crippen LogP contribution in [0.2, 0.25) is 0 Å². The molecule has 2 N–H and O–H groups in total. The van der Waals surface area contributed by atoms with E-state index in [0.717, 1.165) is 24.4 Å². The number of fused-ring (bicyclic) bond motifs is 2. The van der Waals surface area contributed by atoms with Crippen LogP contribution in [0.3, 0.4) is 0 Å². The monoisotopic (exact) mass is 343 g/mol. The zero-order valence-corrected chi connectivity index (χ0v) is 16.4. The van der Waals surface area contributed by atoms with E-state index in [-0.39, 0.29) is 5.60 Å². The summed E-state index contributed by atoms with van der Waals surface area (Å²) in [5.41, 5.74) is 4.26. The second-order valence-electron chi connectivity index (χ2n) is 8.35. The van der Waals surface area contributed by atoms with Crippen LogP contribution in [0.25, 0.3) is 5.57 Å². The minimum Gasteiger partial charge on any atom is -0.507 e. The molecular formula is C22H33NO2. The van der Waals surface area contributed by atoms with Crippen molar-refractivity contribution in [3.05, 3.63) is 28.8 Å². The molecule has 0 spiro atoms. The summed E-state index contributed by atoms with van der Waals surface area (Å²) >= 11 is 0. The van der Waals surface area contributed by atoms with Crippen LogP contribution in [0.1, 0.15) is 77.3 Å². The third-order valence-corrected chi connectivity index (χ3v) is 6.11. The van der Waals surface area contributed by atoms with Gasteiger partial charge in [0.1, 0.15) is 17.1 Å². The van der Waals surface area contributed by atoms with Gasteiger partial charge < -0.3 is 15.2 Å². The summed E-state index contributed by atoms with van der Waals surface area (Å²) in [7, 11) is 0. The van der Waals surface area contributed by atoms with Crippen LogP contribution in [0.4, 0.5) is 0 Å². The number of rotatable bonds is 6. The van der Waals surface area contributed by atoms with E-state index < -0.39 is 0 Å². The first-order chi connectivity index (χ1) is 11.8. The zero-order valence-electron chi connectivity index (χ0n) is 16.4. The Labute approximate surface area is 152 Å². The molecule has 25 heavy (non-hydrogen) atoms. The van der Waals surface area contributed by atoms with Gasteiger partial charge in [-0.2, -0.15) is 0 Å². The SMILES string of the molecule is CCCCCC(C)C(C)c1cc(O)c2c(c1)OC(C)(C)C1=C2CNC1. The molecule has 1 aromatic carbocycles. The van der Waals surface area contributed by atoms with E-state index >= 15 is 0 Å². The van der Waals surface area contributed by atoms with E-state index in [0.29, 0.717) is 17.6 Å². The molecule has 0 amide bonds. The minimum atomic E-state index is -0.313. The Morgan fingerprint density at radius 2 is 1.96 bits per heavy atom. The topological polar surface area (TPSA) is 41.5 Å². The second-order valence-corrected chi connectivity index (χ2v) is 8.35. The van der Waals surface area contributed by atoms with Gasteiger partial charge in [-0.05, 0) is 54.5 Å². The Morgan fingerprint density at radius 3 is 2.68 bits per heavy atom. The average Bonchev–Trinajstić information content (AvgIpc) is 3.04. The summed E-state index contributed by atoms with van der Waals surface area (Å²) in [5.74, 6) is 2.22. The summed E-state index contributed by atoms with van der Waals surface area (Å²) in [6.07, 6.45) is 5.08. The van der Waals surface area contributed by atoms with Crippen molar-refractivity contribution in [1.82, 2.24) is 5.32 Å². The number of phenols is 1. The Hall–Kier alpha value is -1.48. The van der Waals surface area contributed by atoms with Gasteiger partial charge in [0.15, 0.2) is 0 Å². The van der Waals surface area contributed by atoms with Gasteiger partial charge in [-0.25, -0.2) is 0 Å². The molecule has 0 saturated heterocycles. The summed E-state index contributed by atoms with van der Waals surface area (Å²) in [6.45, 7) is 12.7. The first-order valence-electron chi connectivity index (χ1n) is 9.84. The number of hydrogen-bond donors (Lipinski definition) is 2. The van der Waals surface area contributed by atoms with Crippen LogP contribution >= 0.6 is 0 Å². The van der Waals surface area contributed by atoms with Crippen molar-refractivity contribution in [3.63, 3.8) is 0 Å². The molecule has 0 saturated carbocycles. The van der Waals surface area contributed by atoms with Crippen molar-refractivity contribution in [2.24, 2.45) is 5.92 Å². The van der Waals surface area contributed by atoms with Gasteiger partial charge >= 0.3 is 0 Å². The summed E-state index contributed by atoms with van der Waals surface area (Å²) < 4.78 is 6.33. The Bertz CT molecular complexity index is 675. The van der Waals surface area contributed by atoms with Gasteiger partial charge in [0.2, 0.25) is 0 Å². The molecule has 2 heterocycles. The van der Waals surface area contributed by atoms with Crippen LogP contribution in [0, 0.1) is 5.92 Å². The lowest BCUT2D eigenvalue weighted by Gasteiger charge is -2.35. The third-order valence-electron chi connectivity index (χ3n) is 6.11. The first kappa shape index (κ1) is 18.3. The normalized spacial score (nSPS) is 20.7.